The summed E-state index contributed by atoms with van der Waals surface area (Å²) in [4.78, 5) is 52.9. The summed E-state index contributed by atoms with van der Waals surface area (Å²) in [5, 5.41) is 15.8. The van der Waals surface area contributed by atoms with Crippen molar-refractivity contribution in [3.63, 3.8) is 0 Å². The van der Waals surface area contributed by atoms with Crippen molar-refractivity contribution in [2.24, 2.45) is 17.8 Å². The number of hydrogen-bond donors (Lipinski definition) is 3. The van der Waals surface area contributed by atoms with Crippen LogP contribution in [0.3, 0.4) is 0 Å². The molecule has 4 rings (SSSR count). The lowest BCUT2D eigenvalue weighted by atomic mass is 9.92. The number of ether oxygens (including phenoxy) is 1. The van der Waals surface area contributed by atoms with Crippen molar-refractivity contribution in [2.75, 3.05) is 19.7 Å². The number of aliphatic hydroxyl groups is 1. The molecule has 6 atom stereocenters. The highest BCUT2D eigenvalue weighted by atomic mass is 19.4. The number of benzene rings is 1. The number of likely N-dealkylation sites (tertiary alicyclic amines) is 1. The molecular formula is C25H30F3N3O6. The maximum atomic E-state index is 13.5. The van der Waals surface area contributed by atoms with E-state index in [0.717, 1.165) is 12.8 Å². The zero-order chi connectivity index (χ0) is 26.7. The monoisotopic (exact) mass is 525 g/mol. The minimum atomic E-state index is -5.03. The number of fused-ring (bicyclic) bond motifs is 1. The van der Waals surface area contributed by atoms with Gasteiger partial charge in [0.2, 0.25) is 11.8 Å². The number of nitrogens with one attached hydrogen (secondary N) is 2. The van der Waals surface area contributed by atoms with Crippen LogP contribution in [-0.4, -0.2) is 71.7 Å². The van der Waals surface area contributed by atoms with E-state index in [0.29, 0.717) is 24.9 Å². The molecule has 1 aromatic carbocycles. The Morgan fingerprint density at radius 2 is 1.89 bits per heavy atom. The molecule has 1 saturated carbocycles. The van der Waals surface area contributed by atoms with Crippen molar-refractivity contribution >= 4 is 23.5 Å². The lowest BCUT2D eigenvalue weighted by molar-refractivity contribution is -0.321. The van der Waals surface area contributed by atoms with Gasteiger partial charge in [0.05, 0.1) is 6.04 Å². The van der Waals surface area contributed by atoms with Crippen LogP contribution in [0.15, 0.2) is 30.3 Å². The van der Waals surface area contributed by atoms with Crippen molar-refractivity contribution < 1.29 is 42.2 Å². The number of nitrogens with zero attached hydrogens (tertiary/aromatic N) is 1. The zero-order valence-electron chi connectivity index (χ0n) is 20.1. The topological polar surface area (TPSA) is 125 Å². The van der Waals surface area contributed by atoms with E-state index in [9.17, 15) is 37.5 Å². The van der Waals surface area contributed by atoms with E-state index in [1.54, 1.807) is 30.3 Å². The lowest BCUT2D eigenvalue weighted by Gasteiger charge is -2.30. The van der Waals surface area contributed by atoms with Crippen molar-refractivity contribution in [1.29, 1.82) is 0 Å². The molecule has 2 heterocycles. The van der Waals surface area contributed by atoms with Crippen molar-refractivity contribution in [1.82, 2.24) is 15.5 Å². The number of alkyl halides is 3. The molecule has 0 radical (unpaired) electrons. The van der Waals surface area contributed by atoms with Gasteiger partial charge in [-0.15, -0.1) is 13.2 Å². The van der Waals surface area contributed by atoms with E-state index in [1.165, 1.54) is 4.90 Å². The van der Waals surface area contributed by atoms with Crippen LogP contribution < -0.4 is 10.6 Å². The molecule has 3 amide bonds. The fraction of sp³-hybridized carbons (Fsp3) is 0.600. The average Bonchev–Trinajstić information content (AvgIpc) is 3.57. The van der Waals surface area contributed by atoms with Gasteiger partial charge >= 0.3 is 6.36 Å². The van der Waals surface area contributed by atoms with Gasteiger partial charge in [-0.05, 0) is 43.1 Å². The zero-order valence-corrected chi connectivity index (χ0v) is 20.1. The lowest BCUT2D eigenvalue weighted by Crippen LogP contribution is -2.54. The number of carbonyl (C=O) groups excluding carboxylic acids is 4. The predicted octanol–water partition coefficient (Wildman–Crippen LogP) is 1.46. The third kappa shape index (κ3) is 6.30. The molecule has 9 nitrogen and oxygen atoms in total. The van der Waals surface area contributed by atoms with Crippen LogP contribution in [0.1, 0.15) is 43.8 Å². The Bertz CT molecular complexity index is 1020. The summed E-state index contributed by atoms with van der Waals surface area (Å²) in [5.41, 5.74) is 0.369. The van der Waals surface area contributed by atoms with Gasteiger partial charge < -0.3 is 20.6 Å². The van der Waals surface area contributed by atoms with E-state index in [4.69, 9.17) is 0 Å². The number of halogens is 3. The molecule has 2 aliphatic heterocycles. The predicted molar refractivity (Wildman–Crippen MR) is 122 cm³/mol. The molecule has 0 aromatic heterocycles. The van der Waals surface area contributed by atoms with E-state index >= 15 is 0 Å². The van der Waals surface area contributed by atoms with Gasteiger partial charge in [-0.1, -0.05) is 36.8 Å². The number of rotatable bonds is 9. The largest absolute Gasteiger partial charge is 0.522 e. The Kier molecular flexibility index (Phi) is 8.17. The SMILES string of the molecule is O=C1NCC[C@H]1C[C@H](NC(=O)[C@@H]1[C@H]2CCC[C@H]2CN1C(=O)[C@@H](O)c1ccccc1)C(=O)COC(F)(F)F. The smallest absolute Gasteiger partial charge is 0.378 e. The van der Waals surface area contributed by atoms with E-state index in [2.05, 4.69) is 15.4 Å². The minimum absolute atomic E-state index is 0.0333. The third-order valence-corrected chi connectivity index (χ3v) is 7.56. The highest BCUT2D eigenvalue weighted by Crippen LogP contribution is 2.43. The molecule has 3 aliphatic rings. The first-order chi connectivity index (χ1) is 17.5. The summed E-state index contributed by atoms with van der Waals surface area (Å²) >= 11 is 0. The number of ketones is 1. The standard InChI is InChI=1S/C25H30F3N3O6/c26-25(27,28)37-13-19(32)18(11-15-9-10-29-22(15)34)30-23(35)20-17-8-4-7-16(17)12-31(20)24(36)21(33)14-5-2-1-3-6-14/h1-3,5-6,15-18,20-21,33H,4,7-13H2,(H,29,34)(H,30,35)/t15-,16-,17-,18-,20-,21-/m0/s1. The number of aliphatic hydroxyl groups excluding tert-OH is 1. The number of Topliss-reactive ketones (excluding diaryl/α,β-unsaturated/α-hetero) is 1. The quantitative estimate of drug-likeness (QED) is 0.449. The van der Waals surface area contributed by atoms with Gasteiger partial charge in [0, 0.05) is 19.0 Å². The molecule has 2 saturated heterocycles. The van der Waals surface area contributed by atoms with Gasteiger partial charge in [-0.3, -0.25) is 23.9 Å². The highest BCUT2D eigenvalue weighted by Gasteiger charge is 2.51. The van der Waals surface area contributed by atoms with Gasteiger partial charge in [0.1, 0.15) is 12.6 Å². The number of amides is 3. The maximum Gasteiger partial charge on any atom is 0.522 e. The second-order valence-electron chi connectivity index (χ2n) is 9.88. The van der Waals surface area contributed by atoms with Crippen LogP contribution in [0.2, 0.25) is 0 Å². The van der Waals surface area contributed by atoms with E-state index in [-0.39, 0.29) is 30.7 Å². The molecule has 202 valence electrons. The molecule has 1 aliphatic carbocycles. The second kappa shape index (κ2) is 11.2. The Morgan fingerprint density at radius 1 is 1.16 bits per heavy atom. The van der Waals surface area contributed by atoms with Crippen LogP contribution in [-0.2, 0) is 23.9 Å². The normalized spacial score (nSPS) is 26.9. The molecule has 0 unspecified atom stereocenters. The molecule has 3 N–H and O–H groups in total. The fourth-order valence-electron chi connectivity index (χ4n) is 5.74. The summed E-state index contributed by atoms with van der Waals surface area (Å²) in [6, 6.07) is 5.88. The first-order valence-electron chi connectivity index (χ1n) is 12.4. The third-order valence-electron chi connectivity index (χ3n) is 7.56. The summed E-state index contributed by atoms with van der Waals surface area (Å²) < 4.78 is 41.4. The molecule has 12 heteroatoms. The molecule has 0 bridgehead atoms. The van der Waals surface area contributed by atoms with Gasteiger partial charge in [0.15, 0.2) is 11.9 Å². The van der Waals surface area contributed by atoms with Gasteiger partial charge in [-0.25, -0.2) is 0 Å². The van der Waals surface area contributed by atoms with E-state index in [1.807, 2.05) is 0 Å². The first kappa shape index (κ1) is 27.1. The highest BCUT2D eigenvalue weighted by molar-refractivity contribution is 5.95. The first-order valence-corrected chi connectivity index (χ1v) is 12.4. The van der Waals surface area contributed by atoms with Crippen LogP contribution >= 0.6 is 0 Å². The summed E-state index contributed by atoms with van der Waals surface area (Å²) in [6.07, 6.45) is -4.02. The molecule has 0 spiro atoms. The maximum absolute atomic E-state index is 13.5. The van der Waals surface area contributed by atoms with Crippen LogP contribution in [0, 0.1) is 17.8 Å². The van der Waals surface area contributed by atoms with Crippen molar-refractivity contribution in [3.05, 3.63) is 35.9 Å². The molecular weight excluding hydrogens is 495 g/mol. The molecule has 1 aromatic rings. The van der Waals surface area contributed by atoms with Crippen LogP contribution in [0.5, 0.6) is 0 Å². The summed E-state index contributed by atoms with van der Waals surface area (Å²) in [7, 11) is 0. The Hall–Kier alpha value is -2.99. The van der Waals surface area contributed by atoms with E-state index < -0.39 is 54.7 Å². The Labute approximate surface area is 211 Å². The van der Waals surface area contributed by atoms with Crippen molar-refractivity contribution in [3.8, 4) is 0 Å². The van der Waals surface area contributed by atoms with Gasteiger partial charge in [-0.2, -0.15) is 0 Å². The number of hydrogen-bond acceptors (Lipinski definition) is 6. The Balaban J connectivity index is 1.53. The number of carbonyl (C=O) groups is 4. The summed E-state index contributed by atoms with van der Waals surface area (Å²) in [6.45, 7) is -0.690. The average molecular weight is 526 g/mol. The summed E-state index contributed by atoms with van der Waals surface area (Å²) in [5.74, 6) is -3.53. The minimum Gasteiger partial charge on any atom is -0.378 e. The second-order valence-corrected chi connectivity index (χ2v) is 9.88. The fourth-order valence-corrected chi connectivity index (χ4v) is 5.74. The Morgan fingerprint density at radius 3 is 2.54 bits per heavy atom. The van der Waals surface area contributed by atoms with Crippen LogP contribution in [0.4, 0.5) is 13.2 Å². The van der Waals surface area contributed by atoms with Gasteiger partial charge in [0.25, 0.3) is 5.91 Å². The molecule has 37 heavy (non-hydrogen) atoms. The molecule has 3 fully saturated rings. The van der Waals surface area contributed by atoms with Crippen molar-refractivity contribution in [2.45, 2.75) is 56.7 Å². The van der Waals surface area contributed by atoms with Crippen LogP contribution in [0.25, 0.3) is 0 Å².